The molecular weight excluding hydrogens is 376 g/mol. The van der Waals surface area contributed by atoms with Crippen molar-refractivity contribution in [3.63, 3.8) is 0 Å². The van der Waals surface area contributed by atoms with Crippen molar-refractivity contribution in [2.75, 3.05) is 36.4 Å². The number of rotatable bonds is 4. The fourth-order valence-corrected chi connectivity index (χ4v) is 3.42. The SMILES string of the molecule is CC(C)NC(=O)Nc1ccc(C(=O)N2CCN(c3ccccc3Cl)CC2)cc1. The van der Waals surface area contributed by atoms with Crippen molar-refractivity contribution < 1.29 is 9.59 Å². The molecule has 2 aromatic carbocycles. The average molecular weight is 401 g/mol. The monoisotopic (exact) mass is 400 g/mol. The zero-order chi connectivity index (χ0) is 20.1. The first-order valence-electron chi connectivity index (χ1n) is 9.40. The van der Waals surface area contributed by atoms with E-state index in [1.165, 1.54) is 0 Å². The zero-order valence-corrected chi connectivity index (χ0v) is 16.9. The lowest BCUT2D eigenvalue weighted by Gasteiger charge is -2.36. The minimum Gasteiger partial charge on any atom is -0.367 e. The lowest BCUT2D eigenvalue weighted by atomic mass is 10.1. The molecular formula is C21H25ClN4O2. The van der Waals surface area contributed by atoms with Crippen LogP contribution in [0.4, 0.5) is 16.2 Å². The van der Waals surface area contributed by atoms with Crippen molar-refractivity contribution in [3.05, 3.63) is 59.1 Å². The molecule has 0 unspecified atom stereocenters. The quantitative estimate of drug-likeness (QED) is 0.819. The summed E-state index contributed by atoms with van der Waals surface area (Å²) in [6.07, 6.45) is 0. The Bertz CT molecular complexity index is 831. The van der Waals surface area contributed by atoms with Gasteiger partial charge in [-0.1, -0.05) is 23.7 Å². The summed E-state index contributed by atoms with van der Waals surface area (Å²) in [5.74, 6) is -0.00279. The maximum Gasteiger partial charge on any atom is 0.319 e. The summed E-state index contributed by atoms with van der Waals surface area (Å²) in [5, 5.41) is 6.25. The van der Waals surface area contributed by atoms with E-state index >= 15 is 0 Å². The van der Waals surface area contributed by atoms with Gasteiger partial charge in [0.15, 0.2) is 0 Å². The fourth-order valence-electron chi connectivity index (χ4n) is 3.17. The smallest absolute Gasteiger partial charge is 0.319 e. The lowest BCUT2D eigenvalue weighted by molar-refractivity contribution is 0.0747. The van der Waals surface area contributed by atoms with E-state index < -0.39 is 0 Å². The molecule has 3 amide bonds. The predicted molar refractivity (Wildman–Crippen MR) is 113 cm³/mol. The summed E-state index contributed by atoms with van der Waals surface area (Å²) >= 11 is 6.27. The third kappa shape index (κ3) is 4.95. The van der Waals surface area contributed by atoms with E-state index in [-0.39, 0.29) is 18.0 Å². The molecule has 1 saturated heterocycles. The van der Waals surface area contributed by atoms with Gasteiger partial charge in [-0.05, 0) is 50.2 Å². The number of benzene rings is 2. The number of amides is 3. The van der Waals surface area contributed by atoms with E-state index in [2.05, 4.69) is 15.5 Å². The van der Waals surface area contributed by atoms with Crippen molar-refractivity contribution in [1.29, 1.82) is 0 Å². The van der Waals surface area contributed by atoms with Crippen molar-refractivity contribution in [2.45, 2.75) is 19.9 Å². The summed E-state index contributed by atoms with van der Waals surface area (Å²) in [5.41, 5.74) is 2.27. The average Bonchev–Trinajstić information content (AvgIpc) is 2.68. The summed E-state index contributed by atoms with van der Waals surface area (Å²) in [6.45, 7) is 6.55. The molecule has 148 valence electrons. The molecule has 0 atom stereocenters. The Morgan fingerprint density at radius 1 is 0.964 bits per heavy atom. The Hall–Kier alpha value is -2.73. The molecule has 2 aromatic rings. The van der Waals surface area contributed by atoms with Crippen molar-refractivity contribution in [2.24, 2.45) is 0 Å². The molecule has 6 nitrogen and oxygen atoms in total. The van der Waals surface area contributed by atoms with Crippen LogP contribution >= 0.6 is 11.6 Å². The minimum atomic E-state index is -0.259. The molecule has 28 heavy (non-hydrogen) atoms. The zero-order valence-electron chi connectivity index (χ0n) is 16.1. The largest absolute Gasteiger partial charge is 0.367 e. The maximum atomic E-state index is 12.8. The first kappa shape index (κ1) is 20.0. The van der Waals surface area contributed by atoms with Crippen molar-refractivity contribution in [1.82, 2.24) is 10.2 Å². The van der Waals surface area contributed by atoms with Gasteiger partial charge >= 0.3 is 6.03 Å². The van der Waals surface area contributed by atoms with Crippen LogP contribution in [0.1, 0.15) is 24.2 Å². The molecule has 0 aliphatic carbocycles. The van der Waals surface area contributed by atoms with Gasteiger partial charge in [0.25, 0.3) is 5.91 Å². The summed E-state index contributed by atoms with van der Waals surface area (Å²) in [6, 6.07) is 14.5. The van der Waals surface area contributed by atoms with E-state index in [9.17, 15) is 9.59 Å². The Labute approximate surface area is 170 Å². The number of carbonyl (C=O) groups is 2. The van der Waals surface area contributed by atoms with Crippen molar-refractivity contribution in [3.8, 4) is 0 Å². The summed E-state index contributed by atoms with van der Waals surface area (Å²) < 4.78 is 0. The van der Waals surface area contributed by atoms with Gasteiger partial charge in [-0.15, -0.1) is 0 Å². The highest BCUT2D eigenvalue weighted by molar-refractivity contribution is 6.33. The normalized spacial score (nSPS) is 14.1. The first-order chi connectivity index (χ1) is 13.4. The number of halogens is 1. The Kier molecular flexibility index (Phi) is 6.41. The third-order valence-electron chi connectivity index (χ3n) is 4.57. The van der Waals surface area contributed by atoms with E-state index in [0.717, 1.165) is 23.8 Å². The number of carbonyl (C=O) groups excluding carboxylic acids is 2. The van der Waals surface area contributed by atoms with Crippen LogP contribution in [0.3, 0.4) is 0 Å². The first-order valence-corrected chi connectivity index (χ1v) is 9.78. The van der Waals surface area contributed by atoms with E-state index in [1.54, 1.807) is 24.3 Å². The van der Waals surface area contributed by atoms with Crippen LogP contribution in [0.25, 0.3) is 0 Å². The number of nitrogens with zero attached hydrogens (tertiary/aromatic N) is 2. The molecule has 1 heterocycles. The second kappa shape index (κ2) is 8.97. The van der Waals surface area contributed by atoms with Gasteiger partial charge in [0.05, 0.1) is 10.7 Å². The van der Waals surface area contributed by atoms with Crippen molar-refractivity contribution >= 4 is 34.9 Å². The molecule has 1 fully saturated rings. The van der Waals surface area contributed by atoms with Gasteiger partial charge in [-0.3, -0.25) is 4.79 Å². The number of urea groups is 1. The minimum absolute atomic E-state index is 0.00279. The van der Waals surface area contributed by atoms with Crippen LogP contribution in [0.15, 0.2) is 48.5 Å². The van der Waals surface area contributed by atoms with Crippen LogP contribution in [0, 0.1) is 0 Å². The maximum absolute atomic E-state index is 12.8. The Morgan fingerprint density at radius 3 is 2.21 bits per heavy atom. The molecule has 3 rings (SSSR count). The standard InChI is InChI=1S/C21H25ClN4O2/c1-15(2)23-21(28)24-17-9-7-16(8-10-17)20(27)26-13-11-25(12-14-26)19-6-4-3-5-18(19)22/h3-10,15H,11-14H2,1-2H3,(H2,23,24,28). The lowest BCUT2D eigenvalue weighted by Crippen LogP contribution is -2.48. The molecule has 0 bridgehead atoms. The van der Waals surface area contributed by atoms with Gasteiger partial charge in [0.2, 0.25) is 0 Å². The highest BCUT2D eigenvalue weighted by atomic mass is 35.5. The number of anilines is 2. The molecule has 7 heteroatoms. The number of para-hydroxylation sites is 1. The summed E-state index contributed by atoms with van der Waals surface area (Å²) in [7, 11) is 0. The molecule has 0 aromatic heterocycles. The van der Waals surface area contributed by atoms with Crippen LogP contribution in [0.5, 0.6) is 0 Å². The molecule has 1 aliphatic rings. The second-order valence-electron chi connectivity index (χ2n) is 7.06. The van der Waals surface area contributed by atoms with Gasteiger partial charge < -0.3 is 20.4 Å². The van der Waals surface area contributed by atoms with E-state index in [4.69, 9.17) is 11.6 Å². The molecule has 2 N–H and O–H groups in total. The highest BCUT2D eigenvalue weighted by Crippen LogP contribution is 2.26. The number of hydrogen-bond acceptors (Lipinski definition) is 3. The molecule has 0 spiro atoms. The Balaban J connectivity index is 1.56. The number of hydrogen-bond donors (Lipinski definition) is 2. The topological polar surface area (TPSA) is 64.7 Å². The molecule has 1 aliphatic heterocycles. The summed E-state index contributed by atoms with van der Waals surface area (Å²) in [4.78, 5) is 28.6. The van der Waals surface area contributed by atoms with Gasteiger partial charge in [0, 0.05) is 43.5 Å². The van der Waals surface area contributed by atoms with E-state index in [1.807, 2.05) is 43.0 Å². The molecule has 0 saturated carbocycles. The number of piperazine rings is 1. The van der Waals surface area contributed by atoms with Gasteiger partial charge in [0.1, 0.15) is 0 Å². The highest BCUT2D eigenvalue weighted by Gasteiger charge is 2.23. The van der Waals surface area contributed by atoms with Crippen LogP contribution in [-0.4, -0.2) is 49.1 Å². The second-order valence-corrected chi connectivity index (χ2v) is 7.47. The van der Waals surface area contributed by atoms with Crippen LogP contribution in [0.2, 0.25) is 5.02 Å². The predicted octanol–water partition coefficient (Wildman–Crippen LogP) is 3.83. The van der Waals surface area contributed by atoms with Crippen LogP contribution < -0.4 is 15.5 Å². The van der Waals surface area contributed by atoms with Gasteiger partial charge in [-0.25, -0.2) is 4.79 Å². The third-order valence-corrected chi connectivity index (χ3v) is 4.89. The fraction of sp³-hybridized carbons (Fsp3) is 0.333. The number of nitrogens with one attached hydrogen (secondary N) is 2. The van der Waals surface area contributed by atoms with E-state index in [0.29, 0.717) is 24.3 Å². The van der Waals surface area contributed by atoms with Gasteiger partial charge in [-0.2, -0.15) is 0 Å². The Morgan fingerprint density at radius 2 is 1.61 bits per heavy atom. The van der Waals surface area contributed by atoms with Crippen LogP contribution in [-0.2, 0) is 0 Å². The molecule has 0 radical (unpaired) electrons.